The Labute approximate surface area is 116 Å². The number of anilines is 1. The summed E-state index contributed by atoms with van der Waals surface area (Å²) in [6.07, 6.45) is 0. The second-order valence-electron chi connectivity index (χ2n) is 5.29. The van der Waals surface area contributed by atoms with Crippen LogP contribution in [0.4, 0.5) is 5.69 Å². The summed E-state index contributed by atoms with van der Waals surface area (Å²) in [6.45, 7) is 7.03. The first kappa shape index (κ1) is 15.5. The molecule has 0 spiro atoms. The van der Waals surface area contributed by atoms with Crippen LogP contribution in [-0.4, -0.2) is 25.5 Å². The van der Waals surface area contributed by atoms with Crippen LogP contribution in [0.2, 0.25) is 0 Å². The first-order valence-corrected chi connectivity index (χ1v) is 6.74. The Balaban J connectivity index is 2.64. The fourth-order valence-corrected chi connectivity index (χ4v) is 1.82. The largest absolute Gasteiger partial charge is 0.365 e. The highest BCUT2D eigenvalue weighted by Gasteiger charge is 2.14. The second-order valence-corrected chi connectivity index (χ2v) is 5.29. The summed E-state index contributed by atoms with van der Waals surface area (Å²) >= 11 is 0. The van der Waals surface area contributed by atoms with E-state index in [9.17, 15) is 4.79 Å². The molecule has 19 heavy (non-hydrogen) atoms. The third-order valence-electron chi connectivity index (χ3n) is 3.39. The fourth-order valence-electron chi connectivity index (χ4n) is 1.82. The predicted octanol–water partition coefficient (Wildman–Crippen LogP) is 1.74. The van der Waals surface area contributed by atoms with Gasteiger partial charge in [0.15, 0.2) is 0 Å². The van der Waals surface area contributed by atoms with Crippen molar-refractivity contribution in [3.63, 3.8) is 0 Å². The highest BCUT2D eigenvalue weighted by Crippen LogP contribution is 2.18. The van der Waals surface area contributed by atoms with Crippen molar-refractivity contribution in [2.24, 2.45) is 11.7 Å². The smallest absolute Gasteiger partial charge is 0.239 e. The first-order valence-electron chi connectivity index (χ1n) is 6.74. The summed E-state index contributed by atoms with van der Waals surface area (Å²) in [5.41, 5.74) is 7.77. The summed E-state index contributed by atoms with van der Waals surface area (Å²) in [5, 5.41) is 3.01. The van der Waals surface area contributed by atoms with Gasteiger partial charge in [0.1, 0.15) is 0 Å². The summed E-state index contributed by atoms with van der Waals surface area (Å²) in [4.78, 5) is 13.9. The van der Waals surface area contributed by atoms with Crippen LogP contribution in [0.1, 0.15) is 26.3 Å². The molecule has 1 aromatic carbocycles. The zero-order valence-electron chi connectivity index (χ0n) is 12.3. The Morgan fingerprint density at radius 2 is 1.95 bits per heavy atom. The lowest BCUT2D eigenvalue weighted by Gasteiger charge is -2.24. The van der Waals surface area contributed by atoms with E-state index in [0.717, 1.165) is 11.3 Å². The maximum atomic E-state index is 12.0. The van der Waals surface area contributed by atoms with Gasteiger partial charge in [0.25, 0.3) is 0 Å². The maximum Gasteiger partial charge on any atom is 0.239 e. The molecular weight excluding hydrogens is 238 g/mol. The number of nitrogens with zero attached hydrogens (tertiary/aromatic N) is 1. The number of nitrogens with one attached hydrogen (secondary N) is 1. The zero-order chi connectivity index (χ0) is 14.4. The number of nitrogens with two attached hydrogens (primary N) is 1. The van der Waals surface area contributed by atoms with E-state index < -0.39 is 0 Å². The van der Waals surface area contributed by atoms with E-state index in [0.29, 0.717) is 19.0 Å². The van der Waals surface area contributed by atoms with Crippen molar-refractivity contribution in [2.75, 3.05) is 18.5 Å². The van der Waals surface area contributed by atoms with Gasteiger partial charge < -0.3 is 16.0 Å². The summed E-state index contributed by atoms with van der Waals surface area (Å²) in [5.74, 6) is 0.473. The highest BCUT2D eigenvalue weighted by molar-refractivity contribution is 5.81. The molecule has 1 rings (SSSR count). The van der Waals surface area contributed by atoms with Gasteiger partial charge in [0.05, 0.1) is 6.54 Å². The van der Waals surface area contributed by atoms with Crippen molar-refractivity contribution in [3.05, 3.63) is 29.8 Å². The van der Waals surface area contributed by atoms with Gasteiger partial charge in [-0.25, -0.2) is 0 Å². The number of amides is 1. The Hall–Kier alpha value is -1.55. The van der Waals surface area contributed by atoms with Crippen LogP contribution >= 0.6 is 0 Å². The molecule has 4 nitrogen and oxygen atoms in total. The molecule has 0 aliphatic carbocycles. The van der Waals surface area contributed by atoms with Gasteiger partial charge in [-0.2, -0.15) is 0 Å². The van der Waals surface area contributed by atoms with Crippen LogP contribution in [0.3, 0.4) is 0 Å². The average molecular weight is 263 g/mol. The number of carbonyl (C=O) groups is 1. The van der Waals surface area contributed by atoms with E-state index in [1.165, 1.54) is 0 Å². The van der Waals surface area contributed by atoms with Crippen LogP contribution < -0.4 is 16.0 Å². The van der Waals surface area contributed by atoms with Gasteiger partial charge in [-0.05, 0) is 24.5 Å². The van der Waals surface area contributed by atoms with Crippen molar-refractivity contribution in [3.8, 4) is 0 Å². The molecule has 3 N–H and O–H groups in total. The Kier molecular flexibility index (Phi) is 5.83. The number of benzene rings is 1. The number of para-hydroxylation sites is 1. The molecule has 0 aliphatic rings. The minimum Gasteiger partial charge on any atom is -0.365 e. The van der Waals surface area contributed by atoms with Crippen LogP contribution in [0.15, 0.2) is 24.3 Å². The van der Waals surface area contributed by atoms with Gasteiger partial charge in [-0.1, -0.05) is 32.0 Å². The molecule has 0 bridgehead atoms. The normalized spacial score (nSPS) is 12.3. The molecule has 0 aromatic heterocycles. The molecule has 1 amide bonds. The lowest BCUT2D eigenvalue weighted by Crippen LogP contribution is -2.42. The topological polar surface area (TPSA) is 58.4 Å². The average Bonchev–Trinajstić information content (AvgIpc) is 2.38. The SMILES string of the molecule is CC(C)C(C)NC(=O)CN(C)c1ccccc1CN. The first-order chi connectivity index (χ1) is 8.95. The predicted molar refractivity (Wildman–Crippen MR) is 80.0 cm³/mol. The minimum atomic E-state index is 0.0375. The number of hydrogen-bond donors (Lipinski definition) is 2. The number of likely N-dealkylation sites (N-methyl/N-ethyl adjacent to an activating group) is 1. The van der Waals surface area contributed by atoms with Crippen LogP contribution in [-0.2, 0) is 11.3 Å². The van der Waals surface area contributed by atoms with Crippen LogP contribution in [0.25, 0.3) is 0 Å². The van der Waals surface area contributed by atoms with Crippen molar-refractivity contribution < 1.29 is 4.79 Å². The zero-order valence-corrected chi connectivity index (χ0v) is 12.3. The van der Waals surface area contributed by atoms with E-state index in [1.54, 1.807) is 0 Å². The molecule has 1 atom stereocenters. The summed E-state index contributed by atoms with van der Waals surface area (Å²) in [7, 11) is 1.91. The molecule has 4 heteroatoms. The van der Waals surface area contributed by atoms with Gasteiger partial charge in [0.2, 0.25) is 5.91 Å². The number of rotatable bonds is 6. The molecule has 0 saturated carbocycles. The molecule has 106 valence electrons. The third-order valence-corrected chi connectivity index (χ3v) is 3.39. The van der Waals surface area contributed by atoms with E-state index >= 15 is 0 Å². The molecule has 1 aromatic rings. The van der Waals surface area contributed by atoms with E-state index in [4.69, 9.17) is 5.73 Å². The van der Waals surface area contributed by atoms with Gasteiger partial charge in [-0.15, -0.1) is 0 Å². The second kappa shape index (κ2) is 7.14. The number of carbonyl (C=O) groups excluding carboxylic acids is 1. The fraction of sp³-hybridized carbons (Fsp3) is 0.533. The van der Waals surface area contributed by atoms with Crippen molar-refractivity contribution in [1.29, 1.82) is 0 Å². The summed E-state index contributed by atoms with van der Waals surface area (Å²) < 4.78 is 0. The Morgan fingerprint density at radius 1 is 1.32 bits per heavy atom. The molecule has 0 fully saturated rings. The Morgan fingerprint density at radius 3 is 2.53 bits per heavy atom. The van der Waals surface area contributed by atoms with Gasteiger partial charge in [0, 0.05) is 25.3 Å². The maximum absolute atomic E-state index is 12.0. The Bertz CT molecular complexity index is 418. The molecule has 1 unspecified atom stereocenters. The van der Waals surface area contributed by atoms with Gasteiger partial charge in [-0.3, -0.25) is 4.79 Å². The summed E-state index contributed by atoms with van der Waals surface area (Å²) in [6, 6.07) is 8.08. The standard InChI is InChI=1S/C15H25N3O/c1-11(2)12(3)17-15(19)10-18(4)14-8-6-5-7-13(14)9-16/h5-8,11-12H,9-10,16H2,1-4H3,(H,17,19). The van der Waals surface area contributed by atoms with Crippen molar-refractivity contribution in [1.82, 2.24) is 5.32 Å². The van der Waals surface area contributed by atoms with Crippen LogP contribution in [0.5, 0.6) is 0 Å². The molecule has 0 heterocycles. The monoisotopic (exact) mass is 263 g/mol. The van der Waals surface area contributed by atoms with Crippen LogP contribution in [0, 0.1) is 5.92 Å². The van der Waals surface area contributed by atoms with Gasteiger partial charge >= 0.3 is 0 Å². The van der Waals surface area contributed by atoms with E-state index in [2.05, 4.69) is 19.2 Å². The van der Waals surface area contributed by atoms with Crippen molar-refractivity contribution >= 4 is 11.6 Å². The molecule has 0 saturated heterocycles. The van der Waals surface area contributed by atoms with E-state index in [1.807, 2.05) is 43.1 Å². The lowest BCUT2D eigenvalue weighted by molar-refractivity contribution is -0.120. The molecular formula is C15H25N3O. The third kappa shape index (κ3) is 4.56. The van der Waals surface area contributed by atoms with E-state index in [-0.39, 0.29) is 11.9 Å². The highest BCUT2D eigenvalue weighted by atomic mass is 16.2. The minimum absolute atomic E-state index is 0.0375. The molecule has 0 aliphatic heterocycles. The number of hydrogen-bond acceptors (Lipinski definition) is 3. The lowest BCUT2D eigenvalue weighted by atomic mass is 10.1. The quantitative estimate of drug-likeness (QED) is 0.822. The molecule has 0 radical (unpaired) electrons. The van der Waals surface area contributed by atoms with Crippen molar-refractivity contribution in [2.45, 2.75) is 33.4 Å².